The molecule has 8 nitrogen and oxygen atoms in total. The summed E-state index contributed by atoms with van der Waals surface area (Å²) in [4.78, 5) is 37.7. The number of amides is 3. The van der Waals surface area contributed by atoms with E-state index in [0.29, 0.717) is 24.5 Å². The molecule has 0 aromatic heterocycles. The van der Waals surface area contributed by atoms with Crippen molar-refractivity contribution in [2.75, 3.05) is 18.1 Å². The molecule has 1 saturated heterocycles. The molecule has 1 fully saturated rings. The van der Waals surface area contributed by atoms with Crippen LogP contribution in [-0.4, -0.2) is 37.0 Å². The molecule has 1 aliphatic rings. The first-order valence-corrected chi connectivity index (χ1v) is 10.2. The summed E-state index contributed by atoms with van der Waals surface area (Å²) in [5, 5.41) is 0. The Bertz CT molecular complexity index is 958. The van der Waals surface area contributed by atoms with E-state index in [9.17, 15) is 14.4 Å². The van der Waals surface area contributed by atoms with Crippen molar-refractivity contribution in [3.05, 3.63) is 53.6 Å². The van der Waals surface area contributed by atoms with Crippen LogP contribution in [0.1, 0.15) is 30.9 Å². The number of benzene rings is 2. The van der Waals surface area contributed by atoms with Crippen LogP contribution < -0.4 is 25.2 Å². The Morgan fingerprint density at radius 2 is 1.84 bits per heavy atom. The normalized spacial score (nSPS) is 14.2. The van der Waals surface area contributed by atoms with E-state index in [1.165, 1.54) is 0 Å². The largest absolute Gasteiger partial charge is 0.484 e. The third kappa shape index (κ3) is 5.75. The number of nitrogens with one attached hydrogen (secondary N) is 2. The lowest BCUT2D eigenvalue weighted by Gasteiger charge is -2.17. The minimum atomic E-state index is -0.789. The maximum atomic E-state index is 12.2. The van der Waals surface area contributed by atoms with Crippen molar-refractivity contribution < 1.29 is 23.9 Å². The van der Waals surface area contributed by atoms with Crippen LogP contribution in [0.2, 0.25) is 0 Å². The summed E-state index contributed by atoms with van der Waals surface area (Å²) in [6.45, 7) is 5.93. The van der Waals surface area contributed by atoms with Gasteiger partial charge in [-0.25, -0.2) is 0 Å². The van der Waals surface area contributed by atoms with Crippen LogP contribution in [0.5, 0.6) is 11.5 Å². The number of ether oxygens (including phenoxy) is 2. The number of carbonyl (C=O) groups is 3. The molecule has 31 heavy (non-hydrogen) atoms. The molecule has 1 heterocycles. The summed E-state index contributed by atoms with van der Waals surface area (Å²) < 4.78 is 11.1. The highest BCUT2D eigenvalue weighted by atomic mass is 16.5. The highest BCUT2D eigenvalue weighted by Crippen LogP contribution is 2.24. The summed E-state index contributed by atoms with van der Waals surface area (Å²) >= 11 is 0. The van der Waals surface area contributed by atoms with Gasteiger partial charge in [-0.1, -0.05) is 12.1 Å². The Morgan fingerprint density at radius 3 is 2.52 bits per heavy atom. The van der Waals surface area contributed by atoms with E-state index in [0.717, 1.165) is 23.2 Å². The van der Waals surface area contributed by atoms with Gasteiger partial charge in [-0.3, -0.25) is 25.2 Å². The fourth-order valence-electron chi connectivity index (χ4n) is 3.16. The number of hydrogen-bond acceptors (Lipinski definition) is 5. The average molecular weight is 425 g/mol. The van der Waals surface area contributed by atoms with E-state index in [2.05, 4.69) is 10.9 Å². The van der Waals surface area contributed by atoms with Gasteiger partial charge in [0.1, 0.15) is 11.5 Å². The molecule has 164 valence electrons. The maximum absolute atomic E-state index is 12.2. The standard InChI is InChI=1S/C23H27N3O5/c1-15-6-4-7-20(16(15)2)31-17(3)23(29)25-24-21(27)14-30-19-11-9-18(10-12-19)26-13-5-8-22(26)28/h4,6-7,9-12,17H,5,8,13-14H2,1-3H3,(H,24,27)(H,25,29). The molecule has 1 atom stereocenters. The van der Waals surface area contributed by atoms with Crippen LogP contribution in [0.25, 0.3) is 0 Å². The van der Waals surface area contributed by atoms with Gasteiger partial charge in [0.2, 0.25) is 5.91 Å². The van der Waals surface area contributed by atoms with Gasteiger partial charge in [0, 0.05) is 18.7 Å². The van der Waals surface area contributed by atoms with Crippen LogP contribution in [0, 0.1) is 13.8 Å². The van der Waals surface area contributed by atoms with Crippen molar-refractivity contribution in [1.29, 1.82) is 0 Å². The number of rotatable bonds is 7. The minimum absolute atomic E-state index is 0.111. The zero-order valence-electron chi connectivity index (χ0n) is 17.9. The number of hydrogen-bond donors (Lipinski definition) is 2. The van der Waals surface area contributed by atoms with E-state index < -0.39 is 17.9 Å². The summed E-state index contributed by atoms with van der Waals surface area (Å²) in [5.74, 6) is 0.236. The van der Waals surface area contributed by atoms with Crippen LogP contribution >= 0.6 is 0 Å². The lowest BCUT2D eigenvalue weighted by atomic mass is 10.1. The van der Waals surface area contributed by atoms with Gasteiger partial charge in [-0.2, -0.15) is 0 Å². The van der Waals surface area contributed by atoms with Gasteiger partial charge in [-0.15, -0.1) is 0 Å². The Kier molecular flexibility index (Phi) is 7.12. The number of hydrazine groups is 1. The fraction of sp³-hybridized carbons (Fsp3) is 0.348. The van der Waals surface area contributed by atoms with Crippen LogP contribution in [0.4, 0.5) is 5.69 Å². The molecule has 0 bridgehead atoms. The van der Waals surface area contributed by atoms with E-state index in [1.54, 1.807) is 42.2 Å². The van der Waals surface area contributed by atoms with Crippen LogP contribution in [0.15, 0.2) is 42.5 Å². The maximum Gasteiger partial charge on any atom is 0.279 e. The molecular weight excluding hydrogens is 398 g/mol. The molecule has 0 saturated carbocycles. The second kappa shape index (κ2) is 9.97. The van der Waals surface area contributed by atoms with Gasteiger partial charge in [0.15, 0.2) is 12.7 Å². The predicted molar refractivity (Wildman–Crippen MR) is 116 cm³/mol. The Morgan fingerprint density at radius 1 is 1.10 bits per heavy atom. The molecule has 2 N–H and O–H groups in total. The first-order chi connectivity index (χ1) is 14.8. The number of anilines is 1. The topological polar surface area (TPSA) is 97.0 Å². The second-order valence-corrected chi connectivity index (χ2v) is 7.43. The van der Waals surface area contributed by atoms with Crippen molar-refractivity contribution in [3.63, 3.8) is 0 Å². The van der Waals surface area contributed by atoms with Gasteiger partial charge < -0.3 is 14.4 Å². The molecule has 1 unspecified atom stereocenters. The molecular formula is C23H27N3O5. The van der Waals surface area contributed by atoms with Crippen LogP contribution in [-0.2, 0) is 14.4 Å². The first-order valence-electron chi connectivity index (χ1n) is 10.2. The molecule has 3 rings (SSSR count). The molecule has 0 aliphatic carbocycles. The molecule has 2 aromatic rings. The molecule has 8 heteroatoms. The Labute approximate surface area is 181 Å². The summed E-state index contributed by atoms with van der Waals surface area (Å²) in [6, 6.07) is 12.6. The van der Waals surface area contributed by atoms with Gasteiger partial charge in [0.05, 0.1) is 0 Å². The van der Waals surface area contributed by atoms with Gasteiger partial charge >= 0.3 is 0 Å². The summed E-state index contributed by atoms with van der Waals surface area (Å²) in [5.41, 5.74) is 7.48. The first kappa shape index (κ1) is 22.1. The lowest BCUT2D eigenvalue weighted by Crippen LogP contribution is -2.48. The predicted octanol–water partition coefficient (Wildman–Crippen LogP) is 2.42. The van der Waals surface area contributed by atoms with Gasteiger partial charge in [0.25, 0.3) is 11.8 Å². The van der Waals surface area contributed by atoms with Gasteiger partial charge in [-0.05, 0) is 68.7 Å². The monoisotopic (exact) mass is 425 g/mol. The molecule has 2 aromatic carbocycles. The van der Waals surface area contributed by atoms with Crippen molar-refractivity contribution in [2.24, 2.45) is 0 Å². The third-order valence-corrected chi connectivity index (χ3v) is 5.14. The van der Waals surface area contributed by atoms with Crippen molar-refractivity contribution in [3.8, 4) is 11.5 Å². The zero-order valence-corrected chi connectivity index (χ0v) is 17.9. The van der Waals surface area contributed by atoms with Crippen molar-refractivity contribution >= 4 is 23.4 Å². The lowest BCUT2D eigenvalue weighted by molar-refractivity contribution is -0.133. The molecule has 0 radical (unpaired) electrons. The Hall–Kier alpha value is -3.55. The minimum Gasteiger partial charge on any atom is -0.484 e. The fourth-order valence-corrected chi connectivity index (χ4v) is 3.16. The smallest absolute Gasteiger partial charge is 0.279 e. The van der Waals surface area contributed by atoms with E-state index in [1.807, 2.05) is 26.0 Å². The quantitative estimate of drug-likeness (QED) is 0.664. The number of nitrogens with zero attached hydrogens (tertiary/aromatic N) is 1. The highest BCUT2D eigenvalue weighted by Gasteiger charge is 2.21. The zero-order chi connectivity index (χ0) is 22.4. The van der Waals surface area contributed by atoms with E-state index in [-0.39, 0.29) is 12.5 Å². The van der Waals surface area contributed by atoms with Crippen LogP contribution in [0.3, 0.4) is 0 Å². The van der Waals surface area contributed by atoms with E-state index >= 15 is 0 Å². The number of aryl methyl sites for hydroxylation is 1. The molecule has 3 amide bonds. The second-order valence-electron chi connectivity index (χ2n) is 7.43. The average Bonchev–Trinajstić information content (AvgIpc) is 3.19. The molecule has 1 aliphatic heterocycles. The highest BCUT2D eigenvalue weighted by molar-refractivity contribution is 5.95. The van der Waals surface area contributed by atoms with Crippen molar-refractivity contribution in [1.82, 2.24) is 10.9 Å². The Balaban J connectivity index is 1.42. The third-order valence-electron chi connectivity index (χ3n) is 5.14. The van der Waals surface area contributed by atoms with E-state index in [4.69, 9.17) is 9.47 Å². The number of carbonyl (C=O) groups excluding carboxylic acids is 3. The SMILES string of the molecule is Cc1cccc(OC(C)C(=O)NNC(=O)COc2ccc(N3CCCC3=O)cc2)c1C. The summed E-state index contributed by atoms with van der Waals surface area (Å²) in [7, 11) is 0. The van der Waals surface area contributed by atoms with Crippen molar-refractivity contribution in [2.45, 2.75) is 39.7 Å². The summed E-state index contributed by atoms with van der Waals surface area (Å²) in [6.07, 6.45) is 0.637. The molecule has 0 spiro atoms.